The monoisotopic (exact) mass is 601 g/mol. The minimum Gasteiger partial charge on any atom is -0.456 e. The first kappa shape index (κ1) is 27.0. The van der Waals surface area contributed by atoms with Crippen molar-refractivity contribution in [3.05, 3.63) is 164 Å². The molecule has 4 heteroatoms. The van der Waals surface area contributed by atoms with Crippen LogP contribution in [0, 0.1) is 0 Å². The van der Waals surface area contributed by atoms with Crippen molar-refractivity contribution >= 4 is 32.7 Å². The van der Waals surface area contributed by atoms with Crippen LogP contribution < -0.4 is 0 Å². The number of rotatable bonds is 5. The number of hydrogen-bond acceptors (Lipinski definition) is 4. The Morgan fingerprint density at radius 3 is 1.55 bits per heavy atom. The first-order chi connectivity index (χ1) is 23.3. The molecule has 0 unspecified atom stereocenters. The highest BCUT2D eigenvalue weighted by atomic mass is 16.3. The lowest BCUT2D eigenvalue weighted by Gasteiger charge is -2.13. The standard InChI is InChI=1S/C43H27N3O/c1-3-12-28(13-4-1)29-24-26-30(27-25-29)32-17-9-19-34-33(32)18-10-20-35(34)42-44-41(31-14-5-2-6-15-31)45-43(46-42)37-21-11-23-39-40(37)36-16-7-8-22-38(36)47-39/h1-27H. The van der Waals surface area contributed by atoms with Gasteiger partial charge in [-0.05, 0) is 45.2 Å². The number of fused-ring (bicyclic) bond motifs is 4. The van der Waals surface area contributed by atoms with E-state index in [1.54, 1.807) is 0 Å². The van der Waals surface area contributed by atoms with Crippen LogP contribution >= 0.6 is 0 Å². The smallest absolute Gasteiger partial charge is 0.164 e. The predicted molar refractivity (Wildman–Crippen MR) is 192 cm³/mol. The molecule has 0 aliphatic rings. The van der Waals surface area contributed by atoms with E-state index < -0.39 is 0 Å². The molecule has 4 nitrogen and oxygen atoms in total. The van der Waals surface area contributed by atoms with Gasteiger partial charge in [0.05, 0.1) is 0 Å². The van der Waals surface area contributed by atoms with E-state index in [1.165, 1.54) is 11.1 Å². The number of para-hydroxylation sites is 1. The Morgan fingerprint density at radius 1 is 0.298 bits per heavy atom. The van der Waals surface area contributed by atoms with Gasteiger partial charge in [-0.1, -0.05) is 152 Å². The van der Waals surface area contributed by atoms with Gasteiger partial charge >= 0.3 is 0 Å². The van der Waals surface area contributed by atoms with Gasteiger partial charge in [-0.2, -0.15) is 0 Å². The second kappa shape index (κ2) is 11.2. The Bertz CT molecular complexity index is 2550. The molecule has 0 amide bonds. The summed E-state index contributed by atoms with van der Waals surface area (Å²) in [7, 11) is 0. The predicted octanol–water partition coefficient (Wildman–Crippen LogP) is 11.3. The van der Waals surface area contributed by atoms with Crippen LogP contribution in [-0.4, -0.2) is 15.0 Å². The van der Waals surface area contributed by atoms with E-state index in [4.69, 9.17) is 19.4 Å². The van der Waals surface area contributed by atoms with Crippen LogP contribution in [-0.2, 0) is 0 Å². The van der Waals surface area contributed by atoms with E-state index in [0.29, 0.717) is 17.5 Å². The summed E-state index contributed by atoms with van der Waals surface area (Å²) < 4.78 is 6.22. The van der Waals surface area contributed by atoms with Gasteiger partial charge in [0.25, 0.3) is 0 Å². The molecule has 2 heterocycles. The Morgan fingerprint density at radius 2 is 0.787 bits per heavy atom. The molecule has 7 aromatic carbocycles. The molecule has 2 aromatic heterocycles. The lowest BCUT2D eigenvalue weighted by Crippen LogP contribution is -2.01. The van der Waals surface area contributed by atoms with Crippen LogP contribution in [0.2, 0.25) is 0 Å². The van der Waals surface area contributed by atoms with Crippen LogP contribution in [0.1, 0.15) is 0 Å². The van der Waals surface area contributed by atoms with Crippen molar-refractivity contribution in [2.24, 2.45) is 0 Å². The lowest BCUT2D eigenvalue weighted by molar-refractivity contribution is 0.669. The zero-order chi connectivity index (χ0) is 31.2. The first-order valence-electron chi connectivity index (χ1n) is 15.7. The molecule has 0 bridgehead atoms. The summed E-state index contributed by atoms with van der Waals surface area (Å²) in [6.07, 6.45) is 0. The van der Waals surface area contributed by atoms with Crippen LogP contribution in [0.5, 0.6) is 0 Å². The Balaban J connectivity index is 1.23. The average molecular weight is 602 g/mol. The second-order valence-electron chi connectivity index (χ2n) is 11.6. The zero-order valence-electron chi connectivity index (χ0n) is 25.3. The van der Waals surface area contributed by atoms with Gasteiger partial charge in [-0.15, -0.1) is 0 Å². The molecular formula is C43H27N3O. The van der Waals surface area contributed by atoms with Gasteiger partial charge in [0, 0.05) is 27.5 Å². The topological polar surface area (TPSA) is 51.8 Å². The Kier molecular flexibility index (Phi) is 6.43. The van der Waals surface area contributed by atoms with Crippen molar-refractivity contribution in [1.29, 1.82) is 0 Å². The van der Waals surface area contributed by atoms with Gasteiger partial charge in [0.1, 0.15) is 11.2 Å². The third kappa shape index (κ3) is 4.75. The van der Waals surface area contributed by atoms with E-state index in [2.05, 4.69) is 97.1 Å². The van der Waals surface area contributed by atoms with Crippen molar-refractivity contribution in [3.8, 4) is 56.4 Å². The number of benzene rings is 7. The molecule has 0 spiro atoms. The molecule has 220 valence electrons. The largest absolute Gasteiger partial charge is 0.456 e. The van der Waals surface area contributed by atoms with Crippen molar-refractivity contribution in [2.45, 2.75) is 0 Å². The minimum atomic E-state index is 0.607. The fraction of sp³-hybridized carbons (Fsp3) is 0. The Labute approximate surface area is 271 Å². The fourth-order valence-corrected chi connectivity index (χ4v) is 6.52. The maximum absolute atomic E-state index is 6.22. The van der Waals surface area contributed by atoms with E-state index >= 15 is 0 Å². The van der Waals surface area contributed by atoms with Crippen molar-refractivity contribution in [3.63, 3.8) is 0 Å². The maximum Gasteiger partial charge on any atom is 0.164 e. The van der Waals surface area contributed by atoms with Crippen LogP contribution in [0.25, 0.3) is 89.1 Å². The molecule has 0 saturated heterocycles. The highest BCUT2D eigenvalue weighted by Crippen LogP contribution is 2.38. The molecule has 0 aliphatic carbocycles. The molecular weight excluding hydrogens is 574 g/mol. The Hall–Kier alpha value is -6.39. The number of aromatic nitrogens is 3. The molecule has 9 rings (SSSR count). The van der Waals surface area contributed by atoms with Gasteiger partial charge in [-0.25, -0.2) is 15.0 Å². The number of hydrogen-bond donors (Lipinski definition) is 0. The van der Waals surface area contributed by atoms with Gasteiger partial charge in [0.15, 0.2) is 17.5 Å². The van der Waals surface area contributed by atoms with E-state index in [1.807, 2.05) is 66.7 Å². The molecule has 0 radical (unpaired) electrons. The summed E-state index contributed by atoms with van der Waals surface area (Å²) >= 11 is 0. The summed E-state index contributed by atoms with van der Waals surface area (Å²) in [4.78, 5) is 15.3. The van der Waals surface area contributed by atoms with Crippen LogP contribution in [0.15, 0.2) is 168 Å². The van der Waals surface area contributed by atoms with Crippen molar-refractivity contribution < 1.29 is 4.42 Å². The number of nitrogens with zero attached hydrogens (tertiary/aromatic N) is 3. The molecule has 0 N–H and O–H groups in total. The fourth-order valence-electron chi connectivity index (χ4n) is 6.52. The van der Waals surface area contributed by atoms with E-state index in [-0.39, 0.29) is 0 Å². The molecule has 47 heavy (non-hydrogen) atoms. The lowest BCUT2D eigenvalue weighted by atomic mass is 9.94. The summed E-state index contributed by atoms with van der Waals surface area (Å²) in [6, 6.07) is 56.4. The third-order valence-corrected chi connectivity index (χ3v) is 8.78. The quantitative estimate of drug-likeness (QED) is 0.197. The summed E-state index contributed by atoms with van der Waals surface area (Å²) in [5.41, 5.74) is 9.17. The normalized spacial score (nSPS) is 11.4. The van der Waals surface area contributed by atoms with Gasteiger partial charge in [0.2, 0.25) is 0 Å². The molecule has 9 aromatic rings. The van der Waals surface area contributed by atoms with Crippen molar-refractivity contribution in [1.82, 2.24) is 15.0 Å². The van der Waals surface area contributed by atoms with Crippen LogP contribution in [0.3, 0.4) is 0 Å². The first-order valence-corrected chi connectivity index (χ1v) is 15.7. The summed E-state index contributed by atoms with van der Waals surface area (Å²) in [6.45, 7) is 0. The minimum absolute atomic E-state index is 0.607. The molecule has 0 fully saturated rings. The molecule has 0 aliphatic heterocycles. The molecule has 0 atom stereocenters. The van der Waals surface area contributed by atoms with E-state index in [0.717, 1.165) is 60.5 Å². The highest BCUT2D eigenvalue weighted by molar-refractivity contribution is 6.12. The summed E-state index contributed by atoms with van der Waals surface area (Å²) in [5, 5.41) is 4.26. The zero-order valence-corrected chi connectivity index (χ0v) is 25.3. The molecule has 0 saturated carbocycles. The van der Waals surface area contributed by atoms with Gasteiger partial charge in [-0.3, -0.25) is 0 Å². The number of furan rings is 1. The van der Waals surface area contributed by atoms with Crippen molar-refractivity contribution in [2.75, 3.05) is 0 Å². The van der Waals surface area contributed by atoms with Crippen LogP contribution in [0.4, 0.5) is 0 Å². The second-order valence-corrected chi connectivity index (χ2v) is 11.6. The SMILES string of the molecule is c1ccc(-c2ccc(-c3cccc4c(-c5nc(-c6ccccc6)nc(-c6cccc7oc8ccccc8c67)n5)cccc34)cc2)cc1. The third-order valence-electron chi connectivity index (χ3n) is 8.78. The maximum atomic E-state index is 6.22. The average Bonchev–Trinajstić information content (AvgIpc) is 3.54. The van der Waals surface area contributed by atoms with E-state index in [9.17, 15) is 0 Å². The highest BCUT2D eigenvalue weighted by Gasteiger charge is 2.19. The van der Waals surface area contributed by atoms with Gasteiger partial charge < -0.3 is 4.42 Å². The summed E-state index contributed by atoms with van der Waals surface area (Å²) in [5.74, 6) is 1.86.